The summed E-state index contributed by atoms with van der Waals surface area (Å²) in [5.74, 6) is 1.03. The second-order valence-corrected chi connectivity index (χ2v) is 6.84. The van der Waals surface area contributed by atoms with Crippen molar-refractivity contribution in [3.8, 4) is 5.75 Å². The molecule has 2 aliphatic rings. The summed E-state index contributed by atoms with van der Waals surface area (Å²) in [7, 11) is 0. The fraction of sp³-hybridized carbons (Fsp3) is 0.600. The van der Waals surface area contributed by atoms with Gasteiger partial charge in [0, 0.05) is 31.1 Å². The zero-order valence-corrected chi connectivity index (χ0v) is 15.2. The summed E-state index contributed by atoms with van der Waals surface area (Å²) in [6.45, 7) is 5.70. The molecule has 0 aromatic heterocycles. The number of nitrogens with zero attached hydrogens (tertiary/aromatic N) is 2. The van der Waals surface area contributed by atoms with Crippen LogP contribution in [0.15, 0.2) is 24.3 Å². The van der Waals surface area contributed by atoms with Gasteiger partial charge in [0.25, 0.3) is 0 Å². The molecule has 5 heteroatoms. The molecule has 0 spiro atoms. The molecule has 0 unspecified atom stereocenters. The van der Waals surface area contributed by atoms with Crippen LogP contribution in [-0.2, 0) is 16.1 Å². The Labute approximate surface area is 149 Å². The van der Waals surface area contributed by atoms with Crippen molar-refractivity contribution in [1.29, 1.82) is 0 Å². The molecule has 3 rings (SSSR count). The Kier molecular flexibility index (Phi) is 5.61. The third-order valence-electron chi connectivity index (χ3n) is 5.04. The Balaban J connectivity index is 1.77. The zero-order valence-electron chi connectivity index (χ0n) is 15.2. The number of ether oxygens (including phenoxy) is 1. The van der Waals surface area contributed by atoms with E-state index in [0.29, 0.717) is 32.2 Å². The summed E-state index contributed by atoms with van der Waals surface area (Å²) in [5, 5.41) is 0. The van der Waals surface area contributed by atoms with Gasteiger partial charge in [-0.1, -0.05) is 25.1 Å². The highest BCUT2D eigenvalue weighted by Gasteiger charge is 2.41. The molecule has 1 saturated heterocycles. The largest absolute Gasteiger partial charge is 0.494 e. The SMILES string of the molecule is CCOc1ccccc1CN(C(=O)[C@H]1CCCN1C(=O)CC)C1CC1. The van der Waals surface area contributed by atoms with Gasteiger partial charge < -0.3 is 14.5 Å². The van der Waals surface area contributed by atoms with Crippen LogP contribution in [0.2, 0.25) is 0 Å². The molecule has 0 N–H and O–H groups in total. The van der Waals surface area contributed by atoms with E-state index in [9.17, 15) is 9.59 Å². The summed E-state index contributed by atoms with van der Waals surface area (Å²) < 4.78 is 5.72. The van der Waals surface area contributed by atoms with E-state index in [1.165, 1.54) is 0 Å². The minimum absolute atomic E-state index is 0.0845. The number of amides is 2. The lowest BCUT2D eigenvalue weighted by molar-refractivity contribution is -0.144. The fourth-order valence-corrected chi connectivity index (χ4v) is 3.60. The molecule has 1 aliphatic carbocycles. The van der Waals surface area contributed by atoms with Gasteiger partial charge in [-0.3, -0.25) is 9.59 Å². The number of hydrogen-bond acceptors (Lipinski definition) is 3. The van der Waals surface area contributed by atoms with Gasteiger partial charge in [0.05, 0.1) is 6.61 Å². The molecular weight excluding hydrogens is 316 g/mol. The number of likely N-dealkylation sites (tertiary alicyclic amines) is 1. The van der Waals surface area contributed by atoms with Gasteiger partial charge in [0.2, 0.25) is 11.8 Å². The third-order valence-corrected chi connectivity index (χ3v) is 5.04. The van der Waals surface area contributed by atoms with Gasteiger partial charge in [-0.05, 0) is 38.7 Å². The number of para-hydroxylation sites is 1. The quantitative estimate of drug-likeness (QED) is 0.764. The first kappa shape index (κ1) is 17.8. The molecule has 0 bridgehead atoms. The fourth-order valence-electron chi connectivity index (χ4n) is 3.60. The predicted molar refractivity (Wildman–Crippen MR) is 96.2 cm³/mol. The molecule has 5 nitrogen and oxygen atoms in total. The Morgan fingerprint density at radius 2 is 1.96 bits per heavy atom. The van der Waals surface area contributed by atoms with E-state index in [-0.39, 0.29) is 17.9 Å². The van der Waals surface area contributed by atoms with Gasteiger partial charge >= 0.3 is 0 Å². The van der Waals surface area contributed by atoms with Crippen molar-refractivity contribution >= 4 is 11.8 Å². The maximum atomic E-state index is 13.2. The molecule has 1 heterocycles. The average molecular weight is 344 g/mol. The van der Waals surface area contributed by atoms with Crippen molar-refractivity contribution in [2.75, 3.05) is 13.2 Å². The monoisotopic (exact) mass is 344 g/mol. The van der Waals surface area contributed by atoms with Crippen LogP contribution in [0.3, 0.4) is 0 Å². The summed E-state index contributed by atoms with van der Waals surface area (Å²) in [5.41, 5.74) is 1.04. The maximum Gasteiger partial charge on any atom is 0.245 e. The third kappa shape index (κ3) is 3.97. The average Bonchev–Trinajstić information content (AvgIpc) is 3.35. The summed E-state index contributed by atoms with van der Waals surface area (Å²) in [6, 6.07) is 7.94. The van der Waals surface area contributed by atoms with Crippen molar-refractivity contribution < 1.29 is 14.3 Å². The summed E-state index contributed by atoms with van der Waals surface area (Å²) in [4.78, 5) is 29.2. The molecule has 2 amide bonds. The minimum atomic E-state index is -0.285. The van der Waals surface area contributed by atoms with Crippen LogP contribution >= 0.6 is 0 Å². The van der Waals surface area contributed by atoms with Crippen LogP contribution < -0.4 is 4.74 Å². The number of carbonyl (C=O) groups excluding carboxylic acids is 2. The van der Waals surface area contributed by atoms with E-state index in [0.717, 1.165) is 37.0 Å². The molecule has 0 radical (unpaired) electrons. The van der Waals surface area contributed by atoms with Gasteiger partial charge in [0.1, 0.15) is 11.8 Å². The molecule has 136 valence electrons. The Hall–Kier alpha value is -2.04. The molecule has 1 saturated carbocycles. The van der Waals surface area contributed by atoms with Crippen molar-refractivity contribution in [2.45, 2.75) is 64.6 Å². The van der Waals surface area contributed by atoms with Crippen LogP contribution in [0.5, 0.6) is 5.75 Å². The standard InChI is InChI=1S/C20H28N2O3/c1-3-19(23)21-13-7-9-17(21)20(24)22(16-11-12-16)14-15-8-5-6-10-18(15)25-4-2/h5-6,8,10,16-17H,3-4,7,9,11-14H2,1-2H3/t17-/m1/s1. The topological polar surface area (TPSA) is 49.9 Å². The normalized spacial score (nSPS) is 19.8. The van der Waals surface area contributed by atoms with Crippen LogP contribution in [0.25, 0.3) is 0 Å². The van der Waals surface area contributed by atoms with Gasteiger partial charge in [-0.2, -0.15) is 0 Å². The van der Waals surface area contributed by atoms with Gasteiger partial charge in [-0.25, -0.2) is 0 Å². The summed E-state index contributed by atoms with van der Waals surface area (Å²) >= 11 is 0. The molecule has 1 aliphatic heterocycles. The molecule has 2 fully saturated rings. The molecule has 1 aromatic rings. The van der Waals surface area contributed by atoms with E-state index >= 15 is 0 Å². The van der Waals surface area contributed by atoms with Crippen molar-refractivity contribution in [3.63, 3.8) is 0 Å². The second kappa shape index (κ2) is 7.89. The lowest BCUT2D eigenvalue weighted by atomic mass is 10.1. The van der Waals surface area contributed by atoms with Gasteiger partial charge in [-0.15, -0.1) is 0 Å². The lowest BCUT2D eigenvalue weighted by Crippen LogP contribution is -2.48. The van der Waals surface area contributed by atoms with E-state index in [1.807, 2.05) is 43.0 Å². The lowest BCUT2D eigenvalue weighted by Gasteiger charge is -2.31. The molecule has 25 heavy (non-hydrogen) atoms. The Morgan fingerprint density at radius 3 is 2.64 bits per heavy atom. The number of hydrogen-bond donors (Lipinski definition) is 0. The Morgan fingerprint density at radius 1 is 1.20 bits per heavy atom. The summed E-state index contributed by atoms with van der Waals surface area (Å²) in [6.07, 6.45) is 4.26. The molecule has 1 aromatic carbocycles. The van der Waals surface area contributed by atoms with Crippen LogP contribution in [0, 0.1) is 0 Å². The second-order valence-electron chi connectivity index (χ2n) is 6.84. The number of carbonyl (C=O) groups is 2. The van der Waals surface area contributed by atoms with E-state index in [4.69, 9.17) is 4.74 Å². The number of benzene rings is 1. The zero-order chi connectivity index (χ0) is 17.8. The minimum Gasteiger partial charge on any atom is -0.494 e. The first-order valence-corrected chi connectivity index (χ1v) is 9.46. The molecular formula is C20H28N2O3. The highest BCUT2D eigenvalue weighted by Crippen LogP contribution is 2.33. The van der Waals surface area contributed by atoms with Gasteiger partial charge in [0.15, 0.2) is 0 Å². The van der Waals surface area contributed by atoms with Crippen LogP contribution in [0.1, 0.15) is 51.5 Å². The van der Waals surface area contributed by atoms with Crippen molar-refractivity contribution in [2.24, 2.45) is 0 Å². The maximum absolute atomic E-state index is 13.2. The van der Waals surface area contributed by atoms with E-state index in [1.54, 1.807) is 4.90 Å². The van der Waals surface area contributed by atoms with Crippen LogP contribution in [-0.4, -0.2) is 46.8 Å². The first-order chi connectivity index (χ1) is 12.2. The first-order valence-electron chi connectivity index (χ1n) is 9.46. The predicted octanol–water partition coefficient (Wildman–Crippen LogP) is 2.98. The van der Waals surface area contributed by atoms with E-state index < -0.39 is 0 Å². The van der Waals surface area contributed by atoms with Crippen molar-refractivity contribution in [3.05, 3.63) is 29.8 Å². The van der Waals surface area contributed by atoms with E-state index in [2.05, 4.69) is 0 Å². The highest BCUT2D eigenvalue weighted by atomic mass is 16.5. The smallest absolute Gasteiger partial charge is 0.245 e. The highest BCUT2D eigenvalue weighted by molar-refractivity contribution is 5.88. The van der Waals surface area contributed by atoms with Crippen molar-refractivity contribution in [1.82, 2.24) is 9.80 Å². The Bertz CT molecular complexity index is 627. The number of rotatable bonds is 7. The van der Waals surface area contributed by atoms with Crippen LogP contribution in [0.4, 0.5) is 0 Å². The molecule has 1 atom stereocenters.